The van der Waals surface area contributed by atoms with Gasteiger partial charge in [0.25, 0.3) is 0 Å². The second-order valence-corrected chi connectivity index (χ2v) is 5.21. The second kappa shape index (κ2) is 5.94. The smallest absolute Gasteiger partial charge is 0.0761 e. The largest absolute Gasteiger partial charge is 0.389 e. The molecule has 3 rings (SSSR count). The van der Waals surface area contributed by atoms with E-state index in [1.54, 1.807) is 6.92 Å². The van der Waals surface area contributed by atoms with Crippen molar-refractivity contribution in [3.05, 3.63) is 84.4 Å². The minimum absolute atomic E-state index is 0.427. The van der Waals surface area contributed by atoms with Gasteiger partial charge in [0, 0.05) is 0 Å². The van der Waals surface area contributed by atoms with Crippen molar-refractivity contribution in [1.82, 2.24) is 0 Å². The van der Waals surface area contributed by atoms with Crippen molar-refractivity contribution >= 4 is 0 Å². The topological polar surface area (TPSA) is 20.2 Å². The van der Waals surface area contributed by atoms with Gasteiger partial charge in [0.15, 0.2) is 0 Å². The molecule has 0 bridgehead atoms. The maximum atomic E-state index is 9.62. The highest BCUT2D eigenvalue weighted by Gasteiger charge is 2.07. The van der Waals surface area contributed by atoms with Gasteiger partial charge in [-0.2, -0.15) is 0 Å². The Hall–Kier alpha value is -2.38. The van der Waals surface area contributed by atoms with E-state index < -0.39 is 6.10 Å². The van der Waals surface area contributed by atoms with Gasteiger partial charge in [0.1, 0.15) is 0 Å². The number of rotatable bonds is 3. The molecule has 0 aliphatic carbocycles. The summed E-state index contributed by atoms with van der Waals surface area (Å²) in [4.78, 5) is 0. The van der Waals surface area contributed by atoms with Crippen LogP contribution in [0.1, 0.15) is 18.6 Å². The number of hydrogen-bond acceptors (Lipinski definition) is 1. The Morgan fingerprint density at radius 2 is 1.10 bits per heavy atom. The molecule has 3 aromatic carbocycles. The zero-order chi connectivity index (χ0) is 14.7. The summed E-state index contributed by atoms with van der Waals surface area (Å²) in [7, 11) is 0. The molecule has 0 radical (unpaired) electrons. The van der Waals surface area contributed by atoms with Crippen molar-refractivity contribution in [3.8, 4) is 22.3 Å². The van der Waals surface area contributed by atoms with Gasteiger partial charge in [0.05, 0.1) is 6.10 Å². The third-order valence-electron chi connectivity index (χ3n) is 3.72. The molecule has 1 atom stereocenters. The predicted molar refractivity (Wildman–Crippen MR) is 87.9 cm³/mol. The Labute approximate surface area is 125 Å². The summed E-state index contributed by atoms with van der Waals surface area (Å²) in [5.74, 6) is 0. The average molecular weight is 274 g/mol. The van der Waals surface area contributed by atoms with Crippen LogP contribution in [0.15, 0.2) is 78.9 Å². The molecule has 0 saturated heterocycles. The first-order valence-corrected chi connectivity index (χ1v) is 7.18. The quantitative estimate of drug-likeness (QED) is 0.706. The van der Waals surface area contributed by atoms with Crippen LogP contribution in [-0.4, -0.2) is 5.11 Å². The van der Waals surface area contributed by atoms with Gasteiger partial charge in [-0.1, -0.05) is 78.9 Å². The highest BCUT2D eigenvalue weighted by molar-refractivity contribution is 5.83. The van der Waals surface area contributed by atoms with Crippen LogP contribution in [0.25, 0.3) is 22.3 Å². The summed E-state index contributed by atoms with van der Waals surface area (Å²) in [5.41, 5.74) is 5.76. The minimum Gasteiger partial charge on any atom is -0.389 e. The molecule has 21 heavy (non-hydrogen) atoms. The van der Waals surface area contributed by atoms with E-state index in [1.165, 1.54) is 22.3 Å². The van der Waals surface area contributed by atoms with Crippen molar-refractivity contribution < 1.29 is 5.11 Å². The third-order valence-corrected chi connectivity index (χ3v) is 3.72. The fourth-order valence-corrected chi connectivity index (χ4v) is 2.55. The Balaban J connectivity index is 2.07. The molecule has 1 unspecified atom stereocenters. The van der Waals surface area contributed by atoms with Gasteiger partial charge in [-0.25, -0.2) is 0 Å². The Bertz CT molecular complexity index is 712. The van der Waals surface area contributed by atoms with Crippen molar-refractivity contribution in [2.45, 2.75) is 13.0 Å². The molecule has 0 saturated carbocycles. The van der Waals surface area contributed by atoms with E-state index in [2.05, 4.69) is 60.7 Å². The molecule has 104 valence electrons. The second-order valence-electron chi connectivity index (χ2n) is 5.21. The maximum absolute atomic E-state index is 9.62. The maximum Gasteiger partial charge on any atom is 0.0761 e. The van der Waals surface area contributed by atoms with Crippen LogP contribution in [0, 0.1) is 0 Å². The zero-order valence-corrected chi connectivity index (χ0v) is 12.0. The molecule has 0 aromatic heterocycles. The number of aliphatic hydroxyl groups excluding tert-OH is 1. The lowest BCUT2D eigenvalue weighted by atomic mass is 9.94. The normalized spacial score (nSPS) is 12.1. The lowest BCUT2D eigenvalue weighted by molar-refractivity contribution is 0.199. The monoisotopic (exact) mass is 274 g/mol. The molecule has 1 nitrogen and oxygen atoms in total. The van der Waals surface area contributed by atoms with E-state index in [0.717, 1.165) is 5.56 Å². The van der Waals surface area contributed by atoms with E-state index in [0.29, 0.717) is 0 Å². The molecule has 0 aliphatic rings. The standard InChI is InChI=1S/C20H18O/c1-15(21)16-11-13-18(14-12-16)20-10-6-5-9-19(20)17-7-3-2-4-8-17/h2-15,21H,1H3. The van der Waals surface area contributed by atoms with Gasteiger partial charge in [-0.3, -0.25) is 0 Å². The van der Waals surface area contributed by atoms with Gasteiger partial charge in [0.2, 0.25) is 0 Å². The average Bonchev–Trinajstić information content (AvgIpc) is 2.56. The van der Waals surface area contributed by atoms with Crippen molar-refractivity contribution in [1.29, 1.82) is 0 Å². The Morgan fingerprint density at radius 1 is 0.619 bits per heavy atom. The summed E-state index contributed by atoms with van der Waals surface area (Å²) in [6.07, 6.45) is -0.427. The van der Waals surface area contributed by atoms with Crippen molar-refractivity contribution in [3.63, 3.8) is 0 Å². The van der Waals surface area contributed by atoms with Crippen molar-refractivity contribution in [2.75, 3.05) is 0 Å². The fourth-order valence-electron chi connectivity index (χ4n) is 2.55. The molecular weight excluding hydrogens is 256 g/mol. The molecule has 0 heterocycles. The third kappa shape index (κ3) is 2.88. The summed E-state index contributed by atoms with van der Waals surface area (Å²) in [6, 6.07) is 26.9. The molecule has 0 fully saturated rings. The molecule has 0 spiro atoms. The van der Waals surface area contributed by atoms with Crippen LogP contribution in [0.4, 0.5) is 0 Å². The molecular formula is C20H18O. The first-order valence-electron chi connectivity index (χ1n) is 7.18. The van der Waals surface area contributed by atoms with Gasteiger partial charge in [-0.05, 0) is 34.7 Å². The highest BCUT2D eigenvalue weighted by atomic mass is 16.3. The molecule has 3 aromatic rings. The zero-order valence-electron chi connectivity index (χ0n) is 12.0. The number of aliphatic hydroxyl groups is 1. The van der Waals surface area contributed by atoms with E-state index >= 15 is 0 Å². The minimum atomic E-state index is -0.427. The van der Waals surface area contributed by atoms with E-state index in [9.17, 15) is 5.11 Å². The van der Waals surface area contributed by atoms with E-state index in [4.69, 9.17) is 0 Å². The fraction of sp³-hybridized carbons (Fsp3) is 0.100. The first-order chi connectivity index (χ1) is 10.3. The van der Waals surface area contributed by atoms with Gasteiger partial charge >= 0.3 is 0 Å². The number of hydrogen-bond donors (Lipinski definition) is 1. The van der Waals surface area contributed by atoms with Crippen LogP contribution >= 0.6 is 0 Å². The van der Waals surface area contributed by atoms with E-state index in [-0.39, 0.29) is 0 Å². The van der Waals surface area contributed by atoms with Gasteiger partial charge < -0.3 is 5.11 Å². The molecule has 0 aliphatic heterocycles. The van der Waals surface area contributed by atoms with Crippen LogP contribution in [0.2, 0.25) is 0 Å². The van der Waals surface area contributed by atoms with Crippen LogP contribution in [0.5, 0.6) is 0 Å². The summed E-state index contributed by atoms with van der Waals surface area (Å²) < 4.78 is 0. The Morgan fingerprint density at radius 3 is 1.62 bits per heavy atom. The molecule has 0 amide bonds. The SMILES string of the molecule is CC(O)c1ccc(-c2ccccc2-c2ccccc2)cc1. The molecule has 1 N–H and O–H groups in total. The summed E-state index contributed by atoms with van der Waals surface area (Å²) >= 11 is 0. The number of benzene rings is 3. The van der Waals surface area contributed by atoms with Crippen LogP contribution in [0.3, 0.4) is 0 Å². The lowest BCUT2D eigenvalue weighted by Crippen LogP contribution is -1.91. The van der Waals surface area contributed by atoms with Crippen LogP contribution < -0.4 is 0 Å². The highest BCUT2D eigenvalue weighted by Crippen LogP contribution is 2.32. The predicted octanol–water partition coefficient (Wildman–Crippen LogP) is 5.07. The summed E-state index contributed by atoms with van der Waals surface area (Å²) in [5, 5.41) is 9.62. The molecule has 1 heteroatoms. The lowest BCUT2D eigenvalue weighted by Gasteiger charge is -2.11. The van der Waals surface area contributed by atoms with Gasteiger partial charge in [-0.15, -0.1) is 0 Å². The summed E-state index contributed by atoms with van der Waals surface area (Å²) in [6.45, 7) is 1.78. The first kappa shape index (κ1) is 13.6. The van der Waals surface area contributed by atoms with Crippen LogP contribution in [-0.2, 0) is 0 Å². The van der Waals surface area contributed by atoms with Crippen molar-refractivity contribution in [2.24, 2.45) is 0 Å². The Kier molecular flexibility index (Phi) is 3.85. The van der Waals surface area contributed by atoms with E-state index in [1.807, 2.05) is 18.2 Å².